The van der Waals surface area contributed by atoms with Gasteiger partial charge in [0.05, 0.1) is 6.54 Å². The summed E-state index contributed by atoms with van der Waals surface area (Å²) in [5, 5.41) is 0. The van der Waals surface area contributed by atoms with Crippen molar-refractivity contribution in [2.45, 2.75) is 44.6 Å². The number of nitrogens with zero attached hydrogens (tertiary/aromatic N) is 3. The largest absolute Gasteiger partial charge is 0.342 e. The molecule has 2 fully saturated rings. The molecule has 1 heterocycles. The van der Waals surface area contributed by atoms with Gasteiger partial charge in [-0.1, -0.05) is 6.42 Å². The Bertz CT molecular complexity index is 319. The highest BCUT2D eigenvalue weighted by molar-refractivity contribution is 5.78. The second-order valence-corrected chi connectivity index (χ2v) is 6.56. The SMILES string of the molecule is CN(C(=O)CN1CCCN(CCCCCN)CC1)C1CC1. The van der Waals surface area contributed by atoms with Gasteiger partial charge in [-0.05, 0) is 58.3 Å². The molecule has 5 heteroatoms. The van der Waals surface area contributed by atoms with Crippen LogP contribution in [0.15, 0.2) is 0 Å². The van der Waals surface area contributed by atoms with Gasteiger partial charge in [0.25, 0.3) is 0 Å². The van der Waals surface area contributed by atoms with Crippen molar-refractivity contribution < 1.29 is 4.79 Å². The highest BCUT2D eigenvalue weighted by atomic mass is 16.2. The average Bonchev–Trinajstić information content (AvgIpc) is 3.31. The van der Waals surface area contributed by atoms with Gasteiger partial charge in [0.1, 0.15) is 0 Å². The van der Waals surface area contributed by atoms with Crippen LogP contribution in [0.1, 0.15) is 38.5 Å². The minimum Gasteiger partial charge on any atom is -0.342 e. The Morgan fingerprint density at radius 3 is 2.52 bits per heavy atom. The van der Waals surface area contributed by atoms with Gasteiger partial charge in [-0.25, -0.2) is 0 Å². The van der Waals surface area contributed by atoms with Gasteiger partial charge in [0.2, 0.25) is 5.91 Å². The maximum atomic E-state index is 12.2. The van der Waals surface area contributed by atoms with Crippen LogP contribution in [-0.4, -0.2) is 79.5 Å². The lowest BCUT2D eigenvalue weighted by atomic mass is 10.2. The molecule has 1 aliphatic heterocycles. The van der Waals surface area contributed by atoms with Crippen LogP contribution in [-0.2, 0) is 4.79 Å². The summed E-state index contributed by atoms with van der Waals surface area (Å²) in [5.74, 6) is 0.300. The molecule has 122 valence electrons. The van der Waals surface area contributed by atoms with Crippen molar-refractivity contribution in [3.63, 3.8) is 0 Å². The first-order valence-electron chi connectivity index (χ1n) is 8.61. The van der Waals surface area contributed by atoms with E-state index in [1.165, 1.54) is 45.2 Å². The summed E-state index contributed by atoms with van der Waals surface area (Å²) >= 11 is 0. The summed E-state index contributed by atoms with van der Waals surface area (Å²) in [4.78, 5) is 19.0. The van der Waals surface area contributed by atoms with Gasteiger partial charge in [-0.2, -0.15) is 0 Å². The van der Waals surface area contributed by atoms with Crippen molar-refractivity contribution in [2.75, 3.05) is 52.9 Å². The number of carbonyl (C=O) groups excluding carboxylic acids is 1. The molecule has 2 rings (SSSR count). The normalized spacial score (nSPS) is 21.2. The number of hydrogen-bond donors (Lipinski definition) is 1. The van der Waals surface area contributed by atoms with Crippen LogP contribution in [0.4, 0.5) is 0 Å². The average molecular weight is 296 g/mol. The first-order valence-corrected chi connectivity index (χ1v) is 8.61. The highest BCUT2D eigenvalue weighted by Gasteiger charge is 2.30. The fourth-order valence-electron chi connectivity index (χ4n) is 3.03. The van der Waals surface area contributed by atoms with E-state index in [-0.39, 0.29) is 0 Å². The lowest BCUT2D eigenvalue weighted by Gasteiger charge is -2.24. The van der Waals surface area contributed by atoms with Crippen LogP contribution < -0.4 is 5.73 Å². The zero-order valence-electron chi connectivity index (χ0n) is 13.6. The number of likely N-dealkylation sites (N-methyl/N-ethyl adjacent to an activating group) is 1. The third-order valence-electron chi connectivity index (χ3n) is 4.71. The van der Waals surface area contributed by atoms with Gasteiger partial charge in [0.15, 0.2) is 0 Å². The van der Waals surface area contributed by atoms with Crippen LogP contribution in [0, 0.1) is 0 Å². The zero-order chi connectivity index (χ0) is 15.1. The first-order chi connectivity index (χ1) is 10.2. The topological polar surface area (TPSA) is 52.8 Å². The summed E-state index contributed by atoms with van der Waals surface area (Å²) in [6.07, 6.45) is 7.19. The van der Waals surface area contributed by atoms with E-state index < -0.39 is 0 Å². The molecule has 0 atom stereocenters. The lowest BCUT2D eigenvalue weighted by Crippen LogP contribution is -2.41. The zero-order valence-corrected chi connectivity index (χ0v) is 13.6. The second-order valence-electron chi connectivity index (χ2n) is 6.56. The number of hydrogen-bond acceptors (Lipinski definition) is 4. The van der Waals surface area contributed by atoms with Crippen molar-refractivity contribution in [3.8, 4) is 0 Å². The van der Waals surface area contributed by atoms with Gasteiger partial charge in [-0.15, -0.1) is 0 Å². The monoisotopic (exact) mass is 296 g/mol. The molecule has 1 saturated carbocycles. The van der Waals surface area contributed by atoms with Crippen molar-refractivity contribution in [1.82, 2.24) is 14.7 Å². The molecule has 2 N–H and O–H groups in total. The van der Waals surface area contributed by atoms with Crippen LogP contribution in [0.5, 0.6) is 0 Å². The molecule has 0 aromatic heterocycles. The molecule has 0 radical (unpaired) electrons. The molecule has 0 aromatic rings. The lowest BCUT2D eigenvalue weighted by molar-refractivity contribution is -0.131. The maximum absolute atomic E-state index is 12.2. The first kappa shape index (κ1) is 16.7. The van der Waals surface area contributed by atoms with Crippen molar-refractivity contribution in [1.29, 1.82) is 0 Å². The van der Waals surface area contributed by atoms with E-state index in [4.69, 9.17) is 5.73 Å². The van der Waals surface area contributed by atoms with E-state index >= 15 is 0 Å². The predicted molar refractivity (Wildman–Crippen MR) is 86.2 cm³/mol. The molecule has 1 aliphatic carbocycles. The van der Waals surface area contributed by atoms with Crippen molar-refractivity contribution in [2.24, 2.45) is 5.73 Å². The molecule has 0 aromatic carbocycles. The van der Waals surface area contributed by atoms with Crippen LogP contribution >= 0.6 is 0 Å². The van der Waals surface area contributed by atoms with Crippen molar-refractivity contribution >= 4 is 5.91 Å². The predicted octanol–water partition coefficient (Wildman–Crippen LogP) is 0.744. The molecule has 1 saturated heterocycles. The van der Waals surface area contributed by atoms with E-state index in [0.29, 0.717) is 18.5 Å². The Hall–Kier alpha value is -0.650. The number of rotatable bonds is 8. The molecule has 5 nitrogen and oxygen atoms in total. The second kappa shape index (κ2) is 8.71. The molecular weight excluding hydrogens is 264 g/mol. The molecule has 21 heavy (non-hydrogen) atoms. The van der Waals surface area contributed by atoms with Gasteiger partial charge >= 0.3 is 0 Å². The summed E-state index contributed by atoms with van der Waals surface area (Å²) < 4.78 is 0. The molecule has 0 unspecified atom stereocenters. The van der Waals surface area contributed by atoms with Gasteiger partial charge in [-0.3, -0.25) is 9.69 Å². The van der Waals surface area contributed by atoms with E-state index in [1.54, 1.807) is 0 Å². The Kier molecular flexibility index (Phi) is 6.93. The number of carbonyl (C=O) groups is 1. The molecular formula is C16H32N4O. The fourth-order valence-corrected chi connectivity index (χ4v) is 3.03. The minimum atomic E-state index is 0.300. The number of amides is 1. The molecule has 0 spiro atoms. The van der Waals surface area contributed by atoms with Crippen LogP contribution in [0.2, 0.25) is 0 Å². The van der Waals surface area contributed by atoms with E-state index in [1.807, 2.05) is 11.9 Å². The molecule has 1 amide bonds. The van der Waals surface area contributed by atoms with E-state index in [2.05, 4.69) is 9.80 Å². The Labute approximate surface area is 129 Å². The van der Waals surface area contributed by atoms with E-state index in [0.717, 1.165) is 32.6 Å². The Morgan fingerprint density at radius 1 is 1.10 bits per heavy atom. The number of unbranched alkanes of at least 4 members (excludes halogenated alkanes) is 2. The standard InChI is InChI=1S/C16H32N4O/c1-18(15-6-7-15)16(21)14-20-11-5-10-19(12-13-20)9-4-2-3-8-17/h15H,2-14,17H2,1H3. The third kappa shape index (κ3) is 5.93. The Balaban J connectivity index is 1.64. The summed E-state index contributed by atoms with van der Waals surface area (Å²) in [7, 11) is 1.96. The number of nitrogens with two attached hydrogens (primary N) is 1. The summed E-state index contributed by atoms with van der Waals surface area (Å²) in [6.45, 7) is 6.96. The van der Waals surface area contributed by atoms with Gasteiger partial charge in [0, 0.05) is 26.2 Å². The highest BCUT2D eigenvalue weighted by Crippen LogP contribution is 2.25. The smallest absolute Gasteiger partial charge is 0.236 e. The summed E-state index contributed by atoms with van der Waals surface area (Å²) in [5.41, 5.74) is 5.53. The quantitative estimate of drug-likeness (QED) is 0.672. The minimum absolute atomic E-state index is 0.300. The Morgan fingerprint density at radius 2 is 1.81 bits per heavy atom. The molecule has 0 bridgehead atoms. The third-order valence-corrected chi connectivity index (χ3v) is 4.71. The van der Waals surface area contributed by atoms with E-state index in [9.17, 15) is 4.79 Å². The van der Waals surface area contributed by atoms with Crippen LogP contribution in [0.25, 0.3) is 0 Å². The summed E-state index contributed by atoms with van der Waals surface area (Å²) in [6, 6.07) is 0.531. The van der Waals surface area contributed by atoms with Crippen molar-refractivity contribution in [3.05, 3.63) is 0 Å². The van der Waals surface area contributed by atoms with Crippen LogP contribution in [0.3, 0.4) is 0 Å². The van der Waals surface area contributed by atoms with Gasteiger partial charge < -0.3 is 15.5 Å². The maximum Gasteiger partial charge on any atom is 0.236 e. The molecule has 2 aliphatic rings. The fraction of sp³-hybridized carbons (Fsp3) is 0.938.